The van der Waals surface area contributed by atoms with E-state index >= 15 is 0 Å². The molecule has 1 amide bonds. The van der Waals surface area contributed by atoms with Gasteiger partial charge in [-0.2, -0.15) is 0 Å². The Morgan fingerprint density at radius 2 is 1.97 bits per heavy atom. The van der Waals surface area contributed by atoms with Crippen molar-refractivity contribution in [2.24, 2.45) is 0 Å². The van der Waals surface area contributed by atoms with Gasteiger partial charge in [0.05, 0.1) is 16.5 Å². The molecule has 2 heterocycles. The Morgan fingerprint density at radius 1 is 1.18 bits per heavy atom. The second-order valence-corrected chi connectivity index (χ2v) is 9.89. The number of hydrogen-bond acceptors (Lipinski definition) is 7. The number of nitrogens with one attached hydrogen (secondary N) is 1. The molecule has 0 aliphatic heterocycles. The first-order chi connectivity index (χ1) is 16.4. The number of amides is 1. The molecule has 1 N–H and O–H groups in total. The Bertz CT molecular complexity index is 1290. The van der Waals surface area contributed by atoms with Crippen LogP contribution in [0.4, 0.5) is 5.13 Å². The monoisotopic (exact) mass is 533 g/mol. The lowest BCUT2D eigenvalue weighted by Gasteiger charge is -2.09. The average molecular weight is 534 g/mol. The minimum atomic E-state index is -0.184. The molecule has 34 heavy (non-hydrogen) atoms. The van der Waals surface area contributed by atoms with E-state index in [9.17, 15) is 4.79 Å². The highest BCUT2D eigenvalue weighted by Crippen LogP contribution is 2.32. The Balaban J connectivity index is 1.33. The van der Waals surface area contributed by atoms with Crippen LogP contribution in [0.3, 0.4) is 0 Å². The number of thioether (sulfide) groups is 1. The highest BCUT2D eigenvalue weighted by molar-refractivity contribution is 7.99. The van der Waals surface area contributed by atoms with Crippen LogP contribution in [0, 0.1) is 6.92 Å². The SMILES string of the molecule is CCn1c(COc2ccc(C)cc2)nnc1SCC(=O)Nc1nc(-c2ccc(Cl)cc2Cl)cs1. The number of halogens is 2. The van der Waals surface area contributed by atoms with Crippen molar-refractivity contribution in [3.8, 4) is 17.0 Å². The predicted molar refractivity (Wildman–Crippen MR) is 138 cm³/mol. The molecule has 0 atom stereocenters. The fraction of sp³-hybridized carbons (Fsp3) is 0.217. The number of rotatable bonds is 9. The van der Waals surface area contributed by atoms with Crippen molar-refractivity contribution in [2.45, 2.75) is 32.2 Å². The van der Waals surface area contributed by atoms with Crippen LogP contribution in [0.15, 0.2) is 53.0 Å². The molecule has 0 bridgehead atoms. The first kappa shape index (κ1) is 24.5. The van der Waals surface area contributed by atoms with Gasteiger partial charge in [-0.1, -0.05) is 52.7 Å². The van der Waals surface area contributed by atoms with Crippen LogP contribution >= 0.6 is 46.3 Å². The lowest BCUT2D eigenvalue weighted by atomic mass is 10.2. The predicted octanol–water partition coefficient (Wildman–Crippen LogP) is 6.35. The van der Waals surface area contributed by atoms with Gasteiger partial charge in [-0.15, -0.1) is 21.5 Å². The number of carbonyl (C=O) groups is 1. The van der Waals surface area contributed by atoms with Crippen molar-refractivity contribution in [2.75, 3.05) is 11.1 Å². The van der Waals surface area contributed by atoms with E-state index in [4.69, 9.17) is 27.9 Å². The lowest BCUT2D eigenvalue weighted by molar-refractivity contribution is -0.113. The molecule has 11 heteroatoms. The summed E-state index contributed by atoms with van der Waals surface area (Å²) in [7, 11) is 0. The number of ether oxygens (including phenoxy) is 1. The molecule has 0 saturated carbocycles. The fourth-order valence-electron chi connectivity index (χ4n) is 3.07. The summed E-state index contributed by atoms with van der Waals surface area (Å²) in [6.07, 6.45) is 0. The highest BCUT2D eigenvalue weighted by atomic mass is 35.5. The summed E-state index contributed by atoms with van der Waals surface area (Å²) in [5, 5.41) is 15.3. The van der Waals surface area contributed by atoms with Crippen molar-refractivity contribution in [3.05, 3.63) is 69.3 Å². The van der Waals surface area contributed by atoms with E-state index in [1.165, 1.54) is 28.7 Å². The van der Waals surface area contributed by atoms with Gasteiger partial charge >= 0.3 is 0 Å². The summed E-state index contributed by atoms with van der Waals surface area (Å²) in [5.41, 5.74) is 2.61. The van der Waals surface area contributed by atoms with Crippen LogP contribution in [-0.2, 0) is 17.9 Å². The minimum absolute atomic E-state index is 0.174. The van der Waals surface area contributed by atoms with Gasteiger partial charge in [0.1, 0.15) is 12.4 Å². The van der Waals surface area contributed by atoms with Gasteiger partial charge in [0.2, 0.25) is 5.91 Å². The maximum Gasteiger partial charge on any atom is 0.236 e. The molecule has 2 aromatic carbocycles. The number of carbonyl (C=O) groups excluding carboxylic acids is 1. The van der Waals surface area contributed by atoms with E-state index in [2.05, 4.69) is 20.5 Å². The molecule has 0 aliphatic rings. The number of aromatic nitrogens is 4. The zero-order chi connectivity index (χ0) is 24.1. The van der Waals surface area contributed by atoms with Crippen molar-refractivity contribution < 1.29 is 9.53 Å². The van der Waals surface area contributed by atoms with Gasteiger partial charge in [-0.25, -0.2) is 4.98 Å². The molecular weight excluding hydrogens is 513 g/mol. The number of anilines is 1. The topological polar surface area (TPSA) is 81.9 Å². The second kappa shape index (κ2) is 11.2. The summed E-state index contributed by atoms with van der Waals surface area (Å²) in [4.78, 5) is 17.0. The van der Waals surface area contributed by atoms with Crippen molar-refractivity contribution in [1.82, 2.24) is 19.7 Å². The Labute approximate surface area is 215 Å². The fourth-order valence-corrected chi connectivity index (χ4v) is 5.12. The Kier molecular flexibility index (Phi) is 8.10. The Hall–Kier alpha value is -2.59. The van der Waals surface area contributed by atoms with Gasteiger partial charge in [-0.3, -0.25) is 4.79 Å². The average Bonchev–Trinajstić information content (AvgIpc) is 3.43. The molecule has 4 rings (SSSR count). The quantitative estimate of drug-likeness (QED) is 0.252. The van der Waals surface area contributed by atoms with E-state index in [0.717, 1.165) is 11.3 Å². The first-order valence-electron chi connectivity index (χ1n) is 10.4. The molecule has 0 aliphatic carbocycles. The summed E-state index contributed by atoms with van der Waals surface area (Å²) in [6.45, 7) is 4.99. The van der Waals surface area contributed by atoms with E-state index in [1.807, 2.05) is 48.1 Å². The number of nitrogens with zero attached hydrogens (tertiary/aromatic N) is 4. The number of thiazole rings is 1. The van der Waals surface area contributed by atoms with Gasteiger partial charge in [0, 0.05) is 22.5 Å². The third-order valence-electron chi connectivity index (χ3n) is 4.79. The molecule has 176 valence electrons. The van der Waals surface area contributed by atoms with E-state index < -0.39 is 0 Å². The normalized spacial score (nSPS) is 10.9. The zero-order valence-corrected chi connectivity index (χ0v) is 21.6. The van der Waals surface area contributed by atoms with E-state index in [0.29, 0.717) is 45.0 Å². The summed E-state index contributed by atoms with van der Waals surface area (Å²) in [6, 6.07) is 13.1. The third-order valence-corrected chi connectivity index (χ3v) is 7.06. The van der Waals surface area contributed by atoms with Gasteiger partial charge < -0.3 is 14.6 Å². The second-order valence-electron chi connectivity index (χ2n) is 7.24. The Morgan fingerprint density at radius 3 is 2.71 bits per heavy atom. The number of hydrogen-bond donors (Lipinski definition) is 1. The van der Waals surface area contributed by atoms with Crippen molar-refractivity contribution in [1.29, 1.82) is 0 Å². The molecule has 0 fully saturated rings. The van der Waals surface area contributed by atoms with Crippen LogP contribution < -0.4 is 10.1 Å². The van der Waals surface area contributed by atoms with Crippen LogP contribution in [-0.4, -0.2) is 31.4 Å². The first-order valence-corrected chi connectivity index (χ1v) is 13.0. The molecule has 7 nitrogen and oxygen atoms in total. The largest absolute Gasteiger partial charge is 0.486 e. The standard InChI is InChI=1S/C23H21Cl2N5O2S2/c1-3-30-20(11-32-16-7-4-14(2)5-8-16)28-29-23(30)34-13-21(31)27-22-26-19(12-33-22)17-9-6-15(24)10-18(17)25/h4-10,12H,3,11,13H2,1-2H3,(H,26,27,31). The molecule has 4 aromatic rings. The summed E-state index contributed by atoms with van der Waals surface area (Å²) < 4.78 is 7.77. The van der Waals surface area contributed by atoms with Gasteiger partial charge in [-0.05, 0) is 44.2 Å². The maximum absolute atomic E-state index is 12.5. The smallest absolute Gasteiger partial charge is 0.236 e. The van der Waals surface area contributed by atoms with Crippen molar-refractivity contribution >= 4 is 57.3 Å². The maximum atomic E-state index is 12.5. The van der Waals surface area contributed by atoms with E-state index in [-0.39, 0.29) is 11.7 Å². The molecule has 0 unspecified atom stereocenters. The molecular formula is C23H21Cl2N5O2S2. The van der Waals surface area contributed by atoms with Crippen molar-refractivity contribution in [3.63, 3.8) is 0 Å². The summed E-state index contributed by atoms with van der Waals surface area (Å²) in [5.74, 6) is 1.47. The molecule has 0 saturated heterocycles. The molecule has 2 aromatic heterocycles. The van der Waals surface area contributed by atoms with Crippen LogP contribution in [0.2, 0.25) is 10.0 Å². The summed E-state index contributed by atoms with van der Waals surface area (Å²) >= 11 is 14.9. The van der Waals surface area contributed by atoms with Gasteiger partial charge in [0.25, 0.3) is 0 Å². The lowest BCUT2D eigenvalue weighted by Crippen LogP contribution is -2.14. The minimum Gasteiger partial charge on any atom is -0.486 e. The van der Waals surface area contributed by atoms with Gasteiger partial charge in [0.15, 0.2) is 16.1 Å². The zero-order valence-electron chi connectivity index (χ0n) is 18.4. The molecule has 0 radical (unpaired) electrons. The van der Waals surface area contributed by atoms with Crippen LogP contribution in [0.25, 0.3) is 11.3 Å². The molecule has 0 spiro atoms. The number of benzene rings is 2. The van der Waals surface area contributed by atoms with E-state index in [1.54, 1.807) is 18.2 Å². The number of aryl methyl sites for hydroxylation is 1. The van der Waals surface area contributed by atoms with Crippen LogP contribution in [0.1, 0.15) is 18.3 Å². The highest BCUT2D eigenvalue weighted by Gasteiger charge is 2.15. The van der Waals surface area contributed by atoms with Crippen LogP contribution in [0.5, 0.6) is 5.75 Å². The third kappa shape index (κ3) is 6.09.